The van der Waals surface area contributed by atoms with Gasteiger partial charge in [0.2, 0.25) is 0 Å². The highest BCUT2D eigenvalue weighted by Gasteiger charge is 2.30. The van der Waals surface area contributed by atoms with E-state index in [0.717, 1.165) is 92.2 Å². The zero-order valence-electron chi connectivity index (χ0n) is 25.1. The second-order valence-corrected chi connectivity index (χ2v) is 11.5. The first-order valence-electron chi connectivity index (χ1n) is 15.5. The maximum absolute atomic E-state index is 13.1. The topological polar surface area (TPSA) is 75.2 Å². The van der Waals surface area contributed by atoms with Gasteiger partial charge in [0.15, 0.2) is 0 Å². The Balaban J connectivity index is 0.932. The average molecular weight is 615 g/mol. The molecule has 0 aliphatic carbocycles. The van der Waals surface area contributed by atoms with Crippen molar-refractivity contribution in [2.24, 2.45) is 5.92 Å². The van der Waals surface area contributed by atoms with Crippen LogP contribution in [0.15, 0.2) is 85.3 Å². The second-order valence-electron chi connectivity index (χ2n) is 11.5. The molecule has 7 nitrogen and oxygen atoms in total. The van der Waals surface area contributed by atoms with Crippen LogP contribution in [0.4, 0.5) is 24.7 Å². The molecule has 1 saturated heterocycles. The first-order valence-corrected chi connectivity index (χ1v) is 15.5. The van der Waals surface area contributed by atoms with Crippen LogP contribution in [0.2, 0.25) is 0 Å². The highest BCUT2D eigenvalue weighted by molar-refractivity contribution is 5.91. The molecule has 45 heavy (non-hydrogen) atoms. The Morgan fingerprint density at radius 2 is 1.62 bits per heavy atom. The summed E-state index contributed by atoms with van der Waals surface area (Å²) in [6.07, 6.45) is 2.89. The molecule has 0 saturated carbocycles. The minimum atomic E-state index is -4.38. The van der Waals surface area contributed by atoms with Crippen LogP contribution in [0.3, 0.4) is 0 Å². The monoisotopic (exact) mass is 614 g/mol. The Morgan fingerprint density at radius 1 is 0.822 bits per heavy atom. The van der Waals surface area contributed by atoms with Gasteiger partial charge in [0, 0.05) is 48.4 Å². The number of hydrogen-bond donors (Lipinski definition) is 2. The van der Waals surface area contributed by atoms with Crippen LogP contribution in [-0.2, 0) is 12.6 Å². The van der Waals surface area contributed by atoms with Crippen LogP contribution in [0.25, 0.3) is 21.8 Å². The molecule has 0 bridgehead atoms. The van der Waals surface area contributed by atoms with Crippen LogP contribution >= 0.6 is 0 Å². The molecule has 5 aromatic rings. The molecule has 3 aromatic carbocycles. The summed E-state index contributed by atoms with van der Waals surface area (Å²) in [4.78, 5) is 15.5. The number of pyridine rings is 1. The Kier molecular flexibility index (Phi) is 9.59. The van der Waals surface area contributed by atoms with Gasteiger partial charge >= 0.3 is 6.18 Å². The predicted molar refractivity (Wildman–Crippen MR) is 173 cm³/mol. The smallest absolute Gasteiger partial charge is 0.416 e. The quantitative estimate of drug-likeness (QED) is 0.142. The number of nitrogens with one attached hydrogen (secondary N) is 2. The van der Waals surface area contributed by atoms with Crippen molar-refractivity contribution in [1.82, 2.24) is 19.9 Å². The molecule has 0 unspecified atom stereocenters. The van der Waals surface area contributed by atoms with Gasteiger partial charge in [0.05, 0.1) is 23.2 Å². The van der Waals surface area contributed by atoms with E-state index in [4.69, 9.17) is 4.74 Å². The highest BCUT2D eigenvalue weighted by atomic mass is 19.4. The van der Waals surface area contributed by atoms with Crippen LogP contribution in [0.1, 0.15) is 30.4 Å². The molecule has 3 heterocycles. The number of fused-ring (bicyclic) bond motifs is 2. The van der Waals surface area contributed by atoms with Crippen molar-refractivity contribution >= 4 is 33.3 Å². The Labute approximate surface area is 260 Å². The number of likely N-dealkylation sites (tertiary alicyclic amines) is 1. The Hall–Kier alpha value is -4.44. The maximum Gasteiger partial charge on any atom is 0.416 e. The average Bonchev–Trinajstić information content (AvgIpc) is 3.06. The predicted octanol–water partition coefficient (Wildman–Crippen LogP) is 7.44. The van der Waals surface area contributed by atoms with E-state index in [1.807, 2.05) is 30.3 Å². The number of anilines is 2. The summed E-state index contributed by atoms with van der Waals surface area (Å²) in [6, 6.07) is 22.0. The molecular weight excluding hydrogens is 577 g/mol. The molecule has 0 atom stereocenters. The number of benzene rings is 3. The zero-order chi connectivity index (χ0) is 31.1. The van der Waals surface area contributed by atoms with Gasteiger partial charge < -0.3 is 20.3 Å². The van der Waals surface area contributed by atoms with Crippen molar-refractivity contribution in [2.45, 2.75) is 31.9 Å². The molecule has 1 aliphatic rings. The van der Waals surface area contributed by atoms with E-state index < -0.39 is 11.7 Å². The van der Waals surface area contributed by atoms with Crippen molar-refractivity contribution in [3.05, 3.63) is 96.4 Å². The van der Waals surface area contributed by atoms with E-state index in [1.54, 1.807) is 12.5 Å². The van der Waals surface area contributed by atoms with Crippen molar-refractivity contribution in [1.29, 1.82) is 0 Å². The van der Waals surface area contributed by atoms with Gasteiger partial charge in [-0.1, -0.05) is 36.4 Å². The molecule has 234 valence electrons. The summed E-state index contributed by atoms with van der Waals surface area (Å²) in [5.74, 6) is 2.13. The summed E-state index contributed by atoms with van der Waals surface area (Å²) < 4.78 is 45.4. The van der Waals surface area contributed by atoms with E-state index in [-0.39, 0.29) is 0 Å². The molecule has 0 radical (unpaired) electrons. The van der Waals surface area contributed by atoms with Gasteiger partial charge in [-0.3, -0.25) is 4.98 Å². The number of aryl methyl sites for hydroxylation is 1. The Morgan fingerprint density at radius 3 is 2.44 bits per heavy atom. The van der Waals surface area contributed by atoms with Gasteiger partial charge in [-0.05, 0) is 80.6 Å². The molecule has 2 aromatic heterocycles. The summed E-state index contributed by atoms with van der Waals surface area (Å²) in [6.45, 7) is 5.00. The van der Waals surface area contributed by atoms with E-state index in [1.165, 1.54) is 11.6 Å². The van der Waals surface area contributed by atoms with Gasteiger partial charge in [-0.15, -0.1) is 0 Å². The lowest BCUT2D eigenvalue weighted by Crippen LogP contribution is -2.38. The van der Waals surface area contributed by atoms with Crippen molar-refractivity contribution in [3.8, 4) is 5.75 Å². The summed E-state index contributed by atoms with van der Waals surface area (Å²) in [5, 5.41) is 8.52. The third-order valence-corrected chi connectivity index (χ3v) is 8.39. The molecule has 2 N–H and O–H groups in total. The number of hydrogen-bond acceptors (Lipinski definition) is 7. The number of ether oxygens (including phenoxy) is 1. The van der Waals surface area contributed by atoms with E-state index in [2.05, 4.69) is 54.8 Å². The van der Waals surface area contributed by atoms with Gasteiger partial charge in [-0.25, -0.2) is 9.97 Å². The van der Waals surface area contributed by atoms with Crippen LogP contribution in [-0.4, -0.2) is 59.2 Å². The summed E-state index contributed by atoms with van der Waals surface area (Å²) in [5.41, 5.74) is 2.64. The molecule has 1 fully saturated rings. The summed E-state index contributed by atoms with van der Waals surface area (Å²) >= 11 is 0. The number of nitrogens with zero attached hydrogens (tertiary/aromatic N) is 4. The number of alkyl halides is 3. The minimum Gasteiger partial charge on any atom is -0.493 e. The second kappa shape index (κ2) is 14.1. The lowest BCUT2D eigenvalue weighted by molar-refractivity contribution is -0.137. The number of halogens is 3. The maximum atomic E-state index is 13.1. The first kappa shape index (κ1) is 30.6. The fourth-order valence-corrected chi connectivity index (χ4v) is 5.83. The van der Waals surface area contributed by atoms with E-state index in [0.29, 0.717) is 30.0 Å². The fraction of sp³-hybridized carbons (Fsp3) is 0.343. The fourth-order valence-electron chi connectivity index (χ4n) is 5.83. The van der Waals surface area contributed by atoms with Crippen LogP contribution < -0.4 is 15.4 Å². The van der Waals surface area contributed by atoms with E-state index in [9.17, 15) is 13.2 Å². The molecule has 1 aliphatic heterocycles. The Bertz CT molecular complexity index is 1710. The molecular formula is C35H37F3N6O. The van der Waals surface area contributed by atoms with Gasteiger partial charge in [-0.2, -0.15) is 13.2 Å². The third kappa shape index (κ3) is 7.99. The van der Waals surface area contributed by atoms with Crippen molar-refractivity contribution < 1.29 is 17.9 Å². The third-order valence-electron chi connectivity index (χ3n) is 8.39. The standard InChI is InChI=1S/C35H37F3N6O/c36-35(37,38)27-8-10-29-31(12-16-39-32(29)21-27)40-17-20-44-18-13-26(14-19-44)23-45-28-9-11-30-33(22-28)42-24-43-34(30)41-15-4-7-25-5-2-1-3-6-25/h1-3,5-6,8-12,16,21-22,24,26H,4,7,13-15,17-20,23H2,(H,39,40)(H,41,42,43). The highest BCUT2D eigenvalue weighted by Crippen LogP contribution is 2.32. The zero-order valence-corrected chi connectivity index (χ0v) is 25.1. The number of piperidine rings is 1. The summed E-state index contributed by atoms with van der Waals surface area (Å²) in [7, 11) is 0. The minimum absolute atomic E-state index is 0.334. The lowest BCUT2D eigenvalue weighted by atomic mass is 9.98. The number of aromatic nitrogens is 3. The number of rotatable bonds is 12. The largest absolute Gasteiger partial charge is 0.493 e. The molecule has 10 heteroatoms. The van der Waals surface area contributed by atoms with Crippen LogP contribution in [0.5, 0.6) is 5.75 Å². The van der Waals surface area contributed by atoms with E-state index >= 15 is 0 Å². The van der Waals surface area contributed by atoms with Crippen molar-refractivity contribution in [2.75, 3.05) is 50.0 Å². The first-order chi connectivity index (χ1) is 21.9. The molecule has 0 amide bonds. The molecule has 6 rings (SSSR count). The van der Waals surface area contributed by atoms with Gasteiger partial charge in [0.25, 0.3) is 0 Å². The molecule has 0 spiro atoms. The lowest BCUT2D eigenvalue weighted by Gasteiger charge is -2.32. The van der Waals surface area contributed by atoms with Gasteiger partial charge in [0.1, 0.15) is 17.9 Å². The van der Waals surface area contributed by atoms with Crippen LogP contribution in [0, 0.1) is 5.92 Å². The van der Waals surface area contributed by atoms with Crippen molar-refractivity contribution in [3.63, 3.8) is 0 Å². The SMILES string of the molecule is FC(F)(F)c1ccc2c(NCCN3CCC(COc4ccc5c(NCCCc6ccccc6)ncnc5c4)CC3)ccnc2c1. The normalized spacial score (nSPS) is 14.6.